The minimum absolute atomic E-state index is 0.0207. The molecule has 10 heavy (non-hydrogen) atoms. The summed E-state index contributed by atoms with van der Waals surface area (Å²) in [6.07, 6.45) is 1.19. The first-order valence-corrected chi connectivity index (χ1v) is 2.72. The quantitative estimate of drug-likeness (QED) is 0.651. The van der Waals surface area contributed by atoms with Gasteiger partial charge in [0.2, 0.25) is 0 Å². The Labute approximate surface area is 70.9 Å². The van der Waals surface area contributed by atoms with Crippen molar-refractivity contribution in [2.75, 3.05) is 5.73 Å². The van der Waals surface area contributed by atoms with Crippen molar-refractivity contribution in [3.63, 3.8) is 0 Å². The van der Waals surface area contributed by atoms with Crippen molar-refractivity contribution < 1.29 is 9.60 Å². The van der Waals surface area contributed by atoms with Crippen LogP contribution >= 0.6 is 0 Å². The zero-order valence-electron chi connectivity index (χ0n) is 12.3. The second kappa shape index (κ2) is 2.69. The Kier molecular flexibility index (Phi) is 0.598. The summed E-state index contributed by atoms with van der Waals surface area (Å²) in [5.74, 6) is -2.73. The van der Waals surface area contributed by atoms with Gasteiger partial charge < -0.3 is 5.73 Å². The summed E-state index contributed by atoms with van der Waals surface area (Å²) in [7, 11) is 0. The predicted octanol–water partition coefficient (Wildman–Crippen LogP) is 1.79. The normalized spacial score (nSPS) is 24.2. The van der Waals surface area contributed by atoms with E-state index in [0.29, 0.717) is 0 Å². The highest BCUT2D eigenvalue weighted by molar-refractivity contribution is 5.33. The fourth-order valence-electron chi connectivity index (χ4n) is 0.604. The van der Waals surface area contributed by atoms with Gasteiger partial charge in [-0.25, -0.2) is 4.98 Å². The highest BCUT2D eigenvalue weighted by Crippen LogP contribution is 2.14. The fraction of sp³-hybridized carbons (Fsp3) is 0.375. The molecule has 2 heteroatoms. The van der Waals surface area contributed by atoms with E-state index in [9.17, 15) is 0 Å². The number of rotatable bonds is 1. The number of nitrogen functional groups attached to an aromatic ring is 1. The first-order chi connectivity index (χ1) is 7.50. The minimum Gasteiger partial charge on any atom is -0.384 e. The van der Waals surface area contributed by atoms with Crippen molar-refractivity contribution in [1.29, 1.82) is 0 Å². The molecule has 0 amide bonds. The first kappa shape index (κ1) is 2.22. The summed E-state index contributed by atoms with van der Waals surface area (Å²) < 4.78 is 51.5. The number of aromatic nitrogens is 1. The largest absolute Gasteiger partial charge is 0.384 e. The first-order valence-electron chi connectivity index (χ1n) is 6.22. The molecule has 0 bridgehead atoms. The monoisotopic (exact) mass is 143 g/mol. The SMILES string of the molecule is [2H]C([2H])([2H])C([2H])(c1ccnc(N)c1)C([2H])([2H])[2H]. The van der Waals surface area contributed by atoms with Gasteiger partial charge in [0.1, 0.15) is 5.82 Å². The Morgan fingerprint density at radius 1 is 1.80 bits per heavy atom. The van der Waals surface area contributed by atoms with E-state index >= 15 is 0 Å². The molecular formula is C8H12N2. The van der Waals surface area contributed by atoms with Gasteiger partial charge in [0.05, 0.1) is 0 Å². The average Bonchev–Trinajstić information content (AvgIpc) is 2.12. The Bertz CT molecular complexity index is 395. The van der Waals surface area contributed by atoms with Gasteiger partial charge in [-0.1, -0.05) is 13.7 Å². The summed E-state index contributed by atoms with van der Waals surface area (Å²) in [6, 6.07) is 2.29. The Morgan fingerprint density at radius 2 is 2.60 bits per heavy atom. The Morgan fingerprint density at radius 3 is 3.20 bits per heavy atom. The Hall–Kier alpha value is -1.05. The van der Waals surface area contributed by atoms with Crippen molar-refractivity contribution in [1.82, 2.24) is 4.98 Å². The number of anilines is 1. The lowest BCUT2D eigenvalue weighted by Gasteiger charge is -2.03. The molecule has 1 rings (SSSR count). The van der Waals surface area contributed by atoms with E-state index < -0.39 is 19.6 Å². The van der Waals surface area contributed by atoms with Crippen LogP contribution in [0.25, 0.3) is 0 Å². The van der Waals surface area contributed by atoms with Gasteiger partial charge in [-0.15, -0.1) is 0 Å². The molecule has 2 N–H and O–H groups in total. The van der Waals surface area contributed by atoms with Crippen LogP contribution in [0.1, 0.15) is 34.8 Å². The Balaban J connectivity index is 3.46. The standard InChI is InChI=1S/C8H12N2/c1-6(2)7-3-4-10-8(9)5-7/h3-6H,1-2H3,(H2,9,10)/i1D3,2D3,6D. The fourth-order valence-corrected chi connectivity index (χ4v) is 0.604. The molecule has 0 fully saturated rings. The molecule has 0 aliphatic heterocycles. The summed E-state index contributed by atoms with van der Waals surface area (Å²) in [4.78, 5) is 3.64. The van der Waals surface area contributed by atoms with Crippen molar-refractivity contribution in [2.24, 2.45) is 0 Å². The van der Waals surface area contributed by atoms with Crippen molar-refractivity contribution in [3.8, 4) is 0 Å². The minimum atomic E-state index is -2.99. The van der Waals surface area contributed by atoms with Crippen LogP contribution < -0.4 is 5.73 Å². The van der Waals surface area contributed by atoms with Crippen molar-refractivity contribution >= 4 is 5.82 Å². The zero-order chi connectivity index (χ0) is 13.5. The molecule has 0 unspecified atom stereocenters. The molecule has 1 aromatic rings. The topological polar surface area (TPSA) is 38.9 Å². The maximum atomic E-state index is 7.85. The van der Waals surface area contributed by atoms with Gasteiger partial charge in [-0.2, -0.15) is 0 Å². The van der Waals surface area contributed by atoms with E-state index in [2.05, 4.69) is 4.98 Å². The maximum absolute atomic E-state index is 7.85. The molecule has 0 aliphatic rings. The molecule has 0 aromatic carbocycles. The van der Waals surface area contributed by atoms with E-state index in [-0.39, 0.29) is 11.4 Å². The van der Waals surface area contributed by atoms with Crippen LogP contribution in [0.4, 0.5) is 5.82 Å². The van der Waals surface area contributed by atoms with Crippen LogP contribution in [0, 0.1) is 0 Å². The van der Waals surface area contributed by atoms with Crippen LogP contribution in [0.3, 0.4) is 0 Å². The lowest BCUT2D eigenvalue weighted by molar-refractivity contribution is 0.864. The van der Waals surface area contributed by atoms with Crippen LogP contribution in [-0.4, -0.2) is 4.98 Å². The number of nitrogens with zero attached hydrogens (tertiary/aromatic N) is 1. The summed E-state index contributed by atoms with van der Waals surface area (Å²) in [5.41, 5.74) is 5.19. The second-order valence-corrected chi connectivity index (χ2v) is 1.84. The van der Waals surface area contributed by atoms with Gasteiger partial charge in [-0.05, 0) is 23.6 Å². The molecule has 0 spiro atoms. The molecular weight excluding hydrogens is 124 g/mol. The van der Waals surface area contributed by atoms with Gasteiger partial charge in [-0.3, -0.25) is 0 Å². The van der Waals surface area contributed by atoms with Gasteiger partial charge in [0, 0.05) is 15.8 Å². The number of nitrogens with two attached hydrogens (primary N) is 1. The second-order valence-electron chi connectivity index (χ2n) is 1.84. The smallest absolute Gasteiger partial charge is 0.123 e. The highest BCUT2D eigenvalue weighted by Gasteiger charge is 1.97. The lowest BCUT2D eigenvalue weighted by Crippen LogP contribution is -1.93. The summed E-state index contributed by atoms with van der Waals surface area (Å²) >= 11 is 0. The molecule has 2 nitrogen and oxygen atoms in total. The van der Waals surface area contributed by atoms with Gasteiger partial charge in [0.15, 0.2) is 0 Å². The maximum Gasteiger partial charge on any atom is 0.123 e. The van der Waals surface area contributed by atoms with Gasteiger partial charge >= 0.3 is 0 Å². The van der Waals surface area contributed by atoms with Crippen LogP contribution in [0.5, 0.6) is 0 Å². The summed E-state index contributed by atoms with van der Waals surface area (Å²) in [5, 5.41) is 0. The molecule has 0 aliphatic carbocycles. The van der Waals surface area contributed by atoms with Gasteiger partial charge in [0.25, 0.3) is 0 Å². The highest BCUT2D eigenvalue weighted by atomic mass is 14.8. The third kappa shape index (κ3) is 1.47. The van der Waals surface area contributed by atoms with E-state index in [1.807, 2.05) is 0 Å². The molecule has 0 atom stereocenters. The number of hydrogen-bond acceptors (Lipinski definition) is 2. The molecule has 1 heterocycles. The number of pyridine rings is 1. The third-order valence-corrected chi connectivity index (χ3v) is 1.07. The van der Waals surface area contributed by atoms with E-state index in [1.165, 1.54) is 12.3 Å². The number of hydrogen-bond donors (Lipinski definition) is 1. The zero-order valence-corrected chi connectivity index (χ0v) is 5.26. The van der Waals surface area contributed by atoms with Crippen molar-refractivity contribution in [2.45, 2.75) is 19.6 Å². The molecule has 0 saturated carbocycles. The van der Waals surface area contributed by atoms with Crippen molar-refractivity contribution in [3.05, 3.63) is 23.9 Å². The molecule has 1 aromatic heterocycles. The van der Waals surface area contributed by atoms with E-state index in [0.717, 1.165) is 6.07 Å². The molecule has 0 saturated heterocycles. The van der Waals surface area contributed by atoms with Crippen LogP contribution in [-0.2, 0) is 0 Å². The van der Waals surface area contributed by atoms with Crippen LogP contribution in [0.15, 0.2) is 18.3 Å². The molecule has 0 radical (unpaired) electrons. The van der Waals surface area contributed by atoms with E-state index in [4.69, 9.17) is 15.3 Å². The molecule has 54 valence electrons. The average molecular weight is 143 g/mol. The lowest BCUT2D eigenvalue weighted by atomic mass is 10.1. The third-order valence-electron chi connectivity index (χ3n) is 1.07. The predicted molar refractivity (Wildman–Crippen MR) is 42.7 cm³/mol. The van der Waals surface area contributed by atoms with E-state index in [1.54, 1.807) is 0 Å². The summed E-state index contributed by atoms with van der Waals surface area (Å²) in [6.45, 7) is -5.99. The van der Waals surface area contributed by atoms with Crippen LogP contribution in [0.2, 0.25) is 0 Å².